The molecule has 0 radical (unpaired) electrons. The maximum absolute atomic E-state index is 12.4. The Bertz CT molecular complexity index is 832. The number of unbranched alkanes of at least 4 members (excludes halogenated alkanes) is 12. The summed E-state index contributed by atoms with van der Waals surface area (Å²) in [6.45, 7) is 6.03. The Morgan fingerprint density at radius 3 is 1.93 bits per heavy atom. The van der Waals surface area contributed by atoms with Gasteiger partial charge in [0.25, 0.3) is 0 Å². The van der Waals surface area contributed by atoms with E-state index >= 15 is 0 Å². The van der Waals surface area contributed by atoms with Crippen molar-refractivity contribution in [3.05, 3.63) is 29.8 Å². The maximum Gasteiger partial charge on any atom is 0.472 e. The van der Waals surface area contributed by atoms with E-state index in [9.17, 15) is 14.3 Å². The third-order valence-electron chi connectivity index (χ3n) is 7.49. The molecule has 244 valence electrons. The summed E-state index contributed by atoms with van der Waals surface area (Å²) in [7, 11) is -0.184. The molecule has 0 aliphatic rings. The van der Waals surface area contributed by atoms with E-state index in [4.69, 9.17) is 13.8 Å². The van der Waals surface area contributed by atoms with E-state index in [0.717, 1.165) is 43.7 Å². The lowest BCUT2D eigenvalue weighted by molar-refractivity contribution is -0.120. The van der Waals surface area contributed by atoms with Crippen LogP contribution in [0.25, 0.3) is 0 Å². The van der Waals surface area contributed by atoms with Gasteiger partial charge in [-0.3, -0.25) is 13.8 Å². The van der Waals surface area contributed by atoms with E-state index in [1.54, 1.807) is 0 Å². The highest BCUT2D eigenvalue weighted by atomic mass is 31.2. The number of phosphoric acid groups is 1. The van der Waals surface area contributed by atoms with E-state index < -0.39 is 7.82 Å². The number of carbonyl (C=O) groups excluding carboxylic acids is 1. The fourth-order valence-corrected chi connectivity index (χ4v) is 5.86. The maximum atomic E-state index is 12.4. The van der Waals surface area contributed by atoms with Gasteiger partial charge < -0.3 is 14.5 Å². The molecular weight excluding hydrogens is 549 g/mol. The molecule has 0 amide bonds. The van der Waals surface area contributed by atoms with Gasteiger partial charge in [0.05, 0.1) is 19.8 Å². The molecule has 42 heavy (non-hydrogen) atoms. The molecule has 0 aliphatic heterocycles. The van der Waals surface area contributed by atoms with Gasteiger partial charge >= 0.3 is 7.82 Å². The smallest absolute Gasteiger partial charge is 0.472 e. The van der Waals surface area contributed by atoms with E-state index in [0.29, 0.717) is 25.7 Å². The molecule has 0 spiro atoms. The Kier molecular flexibility index (Phi) is 23.2. The summed E-state index contributed by atoms with van der Waals surface area (Å²) in [6, 6.07) is 7.95. The average molecular weight is 612 g/mol. The van der Waals surface area contributed by atoms with E-state index in [1.165, 1.54) is 70.6 Å². The second kappa shape index (κ2) is 25.1. The van der Waals surface area contributed by atoms with Gasteiger partial charge in [-0.25, -0.2) is 4.57 Å². The molecule has 0 aromatic heterocycles. The van der Waals surface area contributed by atoms with Gasteiger partial charge in [-0.1, -0.05) is 96.6 Å². The third-order valence-corrected chi connectivity index (χ3v) is 8.47. The zero-order valence-corrected chi connectivity index (χ0v) is 28.2. The average Bonchev–Trinajstić information content (AvgIpc) is 2.95. The van der Waals surface area contributed by atoms with Gasteiger partial charge in [-0.2, -0.15) is 0 Å². The van der Waals surface area contributed by atoms with Crippen molar-refractivity contribution in [2.24, 2.45) is 5.92 Å². The summed E-state index contributed by atoms with van der Waals surface area (Å²) in [6.07, 6.45) is 19.6. The molecule has 0 saturated carbocycles. The number of benzene rings is 1. The predicted octanol–water partition coefficient (Wildman–Crippen LogP) is 9.16. The molecule has 0 heterocycles. The number of ether oxygens (including phenoxy) is 1. The second-order valence-corrected chi connectivity index (χ2v) is 13.5. The first-order valence-corrected chi connectivity index (χ1v) is 18.2. The topological polar surface area (TPSA) is 85.3 Å². The number of nitrogens with zero attached hydrogens (tertiary/aromatic N) is 1. The van der Waals surface area contributed by atoms with E-state index in [1.807, 2.05) is 45.3 Å². The van der Waals surface area contributed by atoms with Crippen molar-refractivity contribution in [2.75, 3.05) is 40.5 Å². The van der Waals surface area contributed by atoms with Crippen LogP contribution in [0.3, 0.4) is 0 Å². The summed E-state index contributed by atoms with van der Waals surface area (Å²) in [5.41, 5.74) is 1.04. The number of hydrogen-bond donors (Lipinski definition) is 1. The van der Waals surface area contributed by atoms with Crippen LogP contribution in [0.5, 0.6) is 5.75 Å². The van der Waals surface area contributed by atoms with E-state index in [2.05, 4.69) is 11.8 Å². The van der Waals surface area contributed by atoms with Crippen molar-refractivity contribution in [1.29, 1.82) is 0 Å². The Balaban J connectivity index is 2.35. The van der Waals surface area contributed by atoms with Gasteiger partial charge in [0.15, 0.2) is 0 Å². The first kappa shape index (κ1) is 38.8. The molecule has 0 saturated heterocycles. The molecule has 1 rings (SSSR count). The van der Waals surface area contributed by atoms with Crippen LogP contribution in [0.2, 0.25) is 0 Å². The molecule has 0 bridgehead atoms. The van der Waals surface area contributed by atoms with Crippen LogP contribution in [0.15, 0.2) is 24.3 Å². The Morgan fingerprint density at radius 2 is 1.36 bits per heavy atom. The number of rotatable bonds is 29. The highest BCUT2D eigenvalue weighted by Crippen LogP contribution is 2.44. The van der Waals surface area contributed by atoms with Gasteiger partial charge in [-0.15, -0.1) is 0 Å². The van der Waals surface area contributed by atoms with Crippen molar-refractivity contribution in [3.63, 3.8) is 0 Å². The van der Waals surface area contributed by atoms with Crippen LogP contribution in [0.4, 0.5) is 0 Å². The quantitative estimate of drug-likeness (QED) is 0.0714. The van der Waals surface area contributed by atoms with Crippen molar-refractivity contribution in [2.45, 2.75) is 129 Å². The lowest BCUT2D eigenvalue weighted by Gasteiger charge is -2.19. The number of ketones is 1. The molecule has 2 unspecified atom stereocenters. The fourth-order valence-electron chi connectivity index (χ4n) is 5.03. The van der Waals surface area contributed by atoms with Gasteiger partial charge in [0.2, 0.25) is 0 Å². The number of phosphoric ester groups is 1. The number of hydrogen-bond acceptors (Lipinski definition) is 6. The first-order chi connectivity index (χ1) is 20.3. The van der Waals surface area contributed by atoms with Crippen LogP contribution in [0, 0.1) is 5.92 Å². The standard InChI is InChI=1S/C34H62NO6P/c1-5-7-8-9-10-11-12-13-14-15-16-18-26-39-34-23-21-31(22-24-34)28-32(29-33(36)20-6-2)30-41-42(37,38)40-27-19-17-25-35(3)4/h21-24,32H,5-20,25-30H2,1-4H3,(H,37,38). The van der Waals surface area contributed by atoms with Crippen molar-refractivity contribution in [3.8, 4) is 5.75 Å². The predicted molar refractivity (Wildman–Crippen MR) is 174 cm³/mol. The lowest BCUT2D eigenvalue weighted by atomic mass is 9.94. The molecule has 1 aromatic carbocycles. The third kappa shape index (κ3) is 22.3. The highest BCUT2D eigenvalue weighted by molar-refractivity contribution is 7.47. The first-order valence-electron chi connectivity index (χ1n) is 16.8. The number of carbonyl (C=O) groups is 1. The highest BCUT2D eigenvalue weighted by Gasteiger charge is 2.24. The van der Waals surface area contributed by atoms with Crippen molar-refractivity contribution >= 4 is 13.6 Å². The van der Waals surface area contributed by atoms with Crippen molar-refractivity contribution < 1.29 is 28.0 Å². The monoisotopic (exact) mass is 611 g/mol. The van der Waals surface area contributed by atoms with Crippen LogP contribution >= 0.6 is 7.82 Å². The molecule has 7 nitrogen and oxygen atoms in total. The Hall–Kier alpha value is -1.24. The summed E-state index contributed by atoms with van der Waals surface area (Å²) >= 11 is 0. The molecule has 1 aromatic rings. The Morgan fingerprint density at radius 1 is 0.786 bits per heavy atom. The van der Waals surface area contributed by atoms with Crippen molar-refractivity contribution in [1.82, 2.24) is 4.90 Å². The SMILES string of the molecule is CCCCCCCCCCCCCCOc1ccc(CC(COP(=O)(O)OCCCCN(C)C)CC(=O)CCC)cc1. The summed E-state index contributed by atoms with van der Waals surface area (Å²) < 4.78 is 28.8. The van der Waals surface area contributed by atoms with Gasteiger partial charge in [0.1, 0.15) is 11.5 Å². The molecule has 1 N–H and O–H groups in total. The minimum absolute atomic E-state index is 0.00185. The summed E-state index contributed by atoms with van der Waals surface area (Å²) in [4.78, 5) is 24.6. The lowest BCUT2D eigenvalue weighted by Crippen LogP contribution is -2.17. The largest absolute Gasteiger partial charge is 0.494 e. The Labute approximate surface area is 257 Å². The summed E-state index contributed by atoms with van der Waals surface area (Å²) in [5, 5.41) is 0. The summed E-state index contributed by atoms with van der Waals surface area (Å²) in [5.74, 6) is 0.791. The van der Waals surface area contributed by atoms with Crippen LogP contribution in [0.1, 0.15) is 129 Å². The fraction of sp³-hybridized carbons (Fsp3) is 0.794. The zero-order chi connectivity index (χ0) is 30.9. The second-order valence-electron chi connectivity index (χ2n) is 12.1. The molecule has 0 aliphatic carbocycles. The molecule has 0 fully saturated rings. The molecule has 2 atom stereocenters. The zero-order valence-electron chi connectivity index (χ0n) is 27.3. The van der Waals surface area contributed by atoms with Gasteiger partial charge in [-0.05, 0) is 76.4 Å². The molecule has 8 heteroatoms. The minimum atomic E-state index is -4.16. The minimum Gasteiger partial charge on any atom is -0.494 e. The van der Waals surface area contributed by atoms with Gasteiger partial charge in [0, 0.05) is 12.8 Å². The normalized spacial score (nSPS) is 13.8. The van der Waals surface area contributed by atoms with Crippen LogP contribution in [-0.2, 0) is 24.8 Å². The molecular formula is C34H62NO6P. The van der Waals surface area contributed by atoms with Crippen LogP contribution < -0.4 is 4.74 Å². The van der Waals surface area contributed by atoms with E-state index in [-0.39, 0.29) is 24.9 Å². The number of Topliss-reactive ketones (excluding diaryl/α,β-unsaturated/α-hetero) is 1. The van der Waals surface area contributed by atoms with Crippen LogP contribution in [-0.4, -0.2) is 56.0 Å².